The van der Waals surface area contributed by atoms with E-state index in [-0.39, 0.29) is 18.7 Å². The van der Waals surface area contributed by atoms with Crippen LogP contribution in [0.5, 0.6) is 0 Å². The number of benzene rings is 1. The van der Waals surface area contributed by atoms with Gasteiger partial charge in [-0.15, -0.1) is 0 Å². The van der Waals surface area contributed by atoms with Gasteiger partial charge in [0.2, 0.25) is 0 Å². The number of aliphatic hydroxyl groups is 1. The van der Waals surface area contributed by atoms with Gasteiger partial charge in [0, 0.05) is 18.3 Å². The van der Waals surface area contributed by atoms with Crippen LogP contribution in [0.3, 0.4) is 0 Å². The number of fused-ring (bicyclic) bond motifs is 1. The fraction of sp³-hybridized carbons (Fsp3) is 0.562. The molecule has 1 fully saturated rings. The first kappa shape index (κ1) is 14.7. The summed E-state index contributed by atoms with van der Waals surface area (Å²) in [5.74, 6) is 1.21. The lowest BCUT2D eigenvalue weighted by atomic mass is 9.93. The third-order valence-electron chi connectivity index (χ3n) is 4.35. The summed E-state index contributed by atoms with van der Waals surface area (Å²) in [6.45, 7) is 1.38. The molecule has 3 rings (SSSR count). The van der Waals surface area contributed by atoms with Crippen LogP contribution < -0.4 is 5.32 Å². The Bertz CT molecular complexity index is 503. The molecular weight excluding hydrogens is 284 g/mol. The van der Waals surface area contributed by atoms with Crippen LogP contribution in [0.25, 0.3) is 0 Å². The number of carbonyl (C=O) groups excluding carboxylic acids is 1. The highest BCUT2D eigenvalue weighted by Gasteiger charge is 2.30. The molecule has 2 heterocycles. The molecule has 21 heavy (non-hydrogen) atoms. The number of urea groups is 1. The maximum atomic E-state index is 12.4. The largest absolute Gasteiger partial charge is 0.394 e. The first-order chi connectivity index (χ1) is 10.3. The molecule has 0 radical (unpaired) electrons. The Hall–Kier alpha value is -1.20. The van der Waals surface area contributed by atoms with Gasteiger partial charge in [-0.05, 0) is 36.1 Å². The van der Waals surface area contributed by atoms with Crippen molar-refractivity contribution in [3.8, 4) is 0 Å². The van der Waals surface area contributed by atoms with Crippen LogP contribution in [0.2, 0.25) is 0 Å². The summed E-state index contributed by atoms with van der Waals surface area (Å²) in [5, 5.41) is 13.3. The molecule has 2 atom stereocenters. The van der Waals surface area contributed by atoms with E-state index in [0.717, 1.165) is 18.5 Å². The summed E-state index contributed by atoms with van der Waals surface area (Å²) in [4.78, 5) is 14.2. The second-order valence-electron chi connectivity index (χ2n) is 5.66. The average Bonchev–Trinajstić information content (AvgIpc) is 3.04. The lowest BCUT2D eigenvalue weighted by molar-refractivity contribution is 0.127. The molecule has 0 saturated carbocycles. The number of thioether (sulfide) groups is 1. The highest BCUT2D eigenvalue weighted by molar-refractivity contribution is 8.00. The fourth-order valence-corrected chi connectivity index (χ4v) is 4.40. The number of aliphatic hydroxyl groups excluding tert-OH is 1. The second kappa shape index (κ2) is 6.71. The quantitative estimate of drug-likeness (QED) is 0.900. The third-order valence-corrected chi connectivity index (χ3v) is 5.75. The molecule has 5 heteroatoms. The number of hydrogen-bond donors (Lipinski definition) is 2. The van der Waals surface area contributed by atoms with Gasteiger partial charge in [-0.3, -0.25) is 0 Å². The van der Waals surface area contributed by atoms with Crippen molar-refractivity contribution in [1.29, 1.82) is 0 Å². The van der Waals surface area contributed by atoms with Crippen LogP contribution >= 0.6 is 11.8 Å². The minimum absolute atomic E-state index is 0.0252. The van der Waals surface area contributed by atoms with Crippen molar-refractivity contribution >= 4 is 17.8 Å². The highest BCUT2D eigenvalue weighted by Crippen LogP contribution is 2.29. The topological polar surface area (TPSA) is 52.6 Å². The van der Waals surface area contributed by atoms with Crippen molar-refractivity contribution in [3.63, 3.8) is 0 Å². The predicted molar refractivity (Wildman–Crippen MR) is 85.6 cm³/mol. The van der Waals surface area contributed by atoms with Crippen LogP contribution in [0.1, 0.15) is 30.0 Å². The maximum Gasteiger partial charge on any atom is 0.318 e. The van der Waals surface area contributed by atoms with Crippen LogP contribution in [-0.2, 0) is 6.42 Å². The van der Waals surface area contributed by atoms with Crippen LogP contribution in [0.15, 0.2) is 24.3 Å². The Morgan fingerprint density at radius 3 is 3.05 bits per heavy atom. The molecule has 4 nitrogen and oxygen atoms in total. The average molecular weight is 306 g/mol. The Morgan fingerprint density at radius 1 is 1.43 bits per heavy atom. The Kier molecular flexibility index (Phi) is 4.70. The van der Waals surface area contributed by atoms with Gasteiger partial charge < -0.3 is 15.3 Å². The number of carbonyl (C=O) groups is 1. The van der Waals surface area contributed by atoms with E-state index < -0.39 is 0 Å². The van der Waals surface area contributed by atoms with E-state index in [9.17, 15) is 9.90 Å². The molecule has 0 unspecified atom stereocenters. The van der Waals surface area contributed by atoms with E-state index in [4.69, 9.17) is 0 Å². The summed E-state index contributed by atoms with van der Waals surface area (Å²) in [7, 11) is 0. The molecule has 2 N–H and O–H groups in total. The minimum atomic E-state index is -0.216. The molecule has 1 aromatic carbocycles. The van der Waals surface area contributed by atoms with Gasteiger partial charge in [-0.2, -0.15) is 11.8 Å². The zero-order chi connectivity index (χ0) is 14.7. The van der Waals surface area contributed by atoms with Crippen molar-refractivity contribution in [2.45, 2.75) is 30.6 Å². The number of hydrogen-bond acceptors (Lipinski definition) is 3. The Morgan fingerprint density at radius 2 is 2.29 bits per heavy atom. The SMILES string of the molecule is O=C(NC[C@H]1CCCS1)N1CCc2ccccc2[C@H]1CO. The van der Waals surface area contributed by atoms with Gasteiger partial charge in [-0.25, -0.2) is 4.79 Å². The first-order valence-corrected chi connectivity index (χ1v) is 8.69. The summed E-state index contributed by atoms with van der Waals surface area (Å²) in [5.41, 5.74) is 2.32. The Balaban J connectivity index is 1.65. The second-order valence-corrected chi connectivity index (χ2v) is 7.07. The zero-order valence-corrected chi connectivity index (χ0v) is 12.9. The fourth-order valence-electron chi connectivity index (χ4n) is 3.20. The third kappa shape index (κ3) is 3.19. The van der Waals surface area contributed by atoms with Crippen LogP contribution in [0.4, 0.5) is 4.79 Å². The van der Waals surface area contributed by atoms with Crippen LogP contribution in [0, 0.1) is 0 Å². The molecule has 0 aromatic heterocycles. The standard InChI is InChI=1S/C16H22N2O2S/c19-11-15-14-6-2-1-4-12(14)7-8-18(15)16(20)17-10-13-5-3-9-21-13/h1-2,4,6,13,15,19H,3,5,7-11H2,(H,17,20)/t13-,15-/m1/s1. The summed E-state index contributed by atoms with van der Waals surface area (Å²) < 4.78 is 0. The summed E-state index contributed by atoms with van der Waals surface area (Å²) in [6.07, 6.45) is 3.30. The Labute approximate surface area is 129 Å². The van der Waals surface area contributed by atoms with E-state index in [1.807, 2.05) is 30.0 Å². The normalized spacial score (nSPS) is 24.7. The smallest absolute Gasteiger partial charge is 0.318 e. The molecule has 0 spiro atoms. The molecule has 2 amide bonds. The molecule has 0 bridgehead atoms. The summed E-state index contributed by atoms with van der Waals surface area (Å²) in [6, 6.07) is 7.82. The van der Waals surface area contributed by atoms with Crippen molar-refractivity contribution in [2.75, 3.05) is 25.4 Å². The zero-order valence-electron chi connectivity index (χ0n) is 12.1. The van der Waals surface area contributed by atoms with Crippen molar-refractivity contribution in [1.82, 2.24) is 10.2 Å². The molecule has 114 valence electrons. The van der Waals surface area contributed by atoms with Crippen molar-refractivity contribution in [2.24, 2.45) is 0 Å². The van der Waals surface area contributed by atoms with E-state index >= 15 is 0 Å². The molecule has 1 saturated heterocycles. The lowest BCUT2D eigenvalue weighted by Gasteiger charge is -2.36. The van der Waals surface area contributed by atoms with Gasteiger partial charge in [0.1, 0.15) is 0 Å². The van der Waals surface area contributed by atoms with E-state index in [1.54, 1.807) is 4.90 Å². The molecule has 2 aliphatic rings. The highest BCUT2D eigenvalue weighted by atomic mass is 32.2. The minimum Gasteiger partial charge on any atom is -0.394 e. The van der Waals surface area contributed by atoms with Crippen LogP contribution in [-0.4, -0.2) is 46.7 Å². The molecular formula is C16H22N2O2S. The van der Waals surface area contributed by atoms with E-state index in [0.29, 0.717) is 11.8 Å². The molecule has 1 aromatic rings. The lowest BCUT2D eigenvalue weighted by Crippen LogP contribution is -2.48. The number of rotatable bonds is 3. The van der Waals surface area contributed by atoms with Gasteiger partial charge in [-0.1, -0.05) is 24.3 Å². The molecule has 2 aliphatic heterocycles. The maximum absolute atomic E-state index is 12.4. The van der Waals surface area contributed by atoms with E-state index in [2.05, 4.69) is 11.4 Å². The molecule has 0 aliphatic carbocycles. The van der Waals surface area contributed by atoms with Gasteiger partial charge >= 0.3 is 6.03 Å². The summed E-state index contributed by atoms with van der Waals surface area (Å²) >= 11 is 1.94. The predicted octanol–water partition coefficient (Wildman–Crippen LogP) is 2.18. The number of amides is 2. The van der Waals surface area contributed by atoms with Crippen molar-refractivity contribution < 1.29 is 9.90 Å². The number of nitrogens with zero attached hydrogens (tertiary/aromatic N) is 1. The number of nitrogens with one attached hydrogen (secondary N) is 1. The van der Waals surface area contributed by atoms with E-state index in [1.165, 1.54) is 24.2 Å². The first-order valence-electron chi connectivity index (χ1n) is 7.64. The van der Waals surface area contributed by atoms with Gasteiger partial charge in [0.05, 0.1) is 12.6 Å². The van der Waals surface area contributed by atoms with Crippen molar-refractivity contribution in [3.05, 3.63) is 35.4 Å². The monoisotopic (exact) mass is 306 g/mol. The van der Waals surface area contributed by atoms with Gasteiger partial charge in [0.15, 0.2) is 0 Å². The van der Waals surface area contributed by atoms with Gasteiger partial charge in [0.25, 0.3) is 0 Å².